The van der Waals surface area contributed by atoms with Gasteiger partial charge in [-0.05, 0) is 62.6 Å². The number of unbranched alkanes of at least 4 members (excludes halogenated alkanes) is 2. The second-order valence-electron chi connectivity index (χ2n) is 8.48. The smallest absolute Gasteiger partial charge is 0.220 e. The summed E-state index contributed by atoms with van der Waals surface area (Å²) in [5.41, 5.74) is 0.612. The van der Waals surface area contributed by atoms with Crippen LogP contribution in [0, 0.1) is 5.92 Å². The lowest BCUT2D eigenvalue weighted by Gasteiger charge is -2.30. The van der Waals surface area contributed by atoms with Crippen molar-refractivity contribution in [2.45, 2.75) is 76.7 Å². The average molecular weight is 390 g/mol. The number of carbonyl (C=O) groups is 1. The molecule has 0 spiro atoms. The van der Waals surface area contributed by atoms with E-state index in [0.29, 0.717) is 32.1 Å². The largest absolute Gasteiger partial charge is 0.486 e. The van der Waals surface area contributed by atoms with Gasteiger partial charge in [0.1, 0.15) is 13.2 Å². The Balaban J connectivity index is 1.26. The van der Waals surface area contributed by atoms with Crippen molar-refractivity contribution in [3.63, 3.8) is 0 Å². The lowest BCUT2D eigenvalue weighted by Crippen LogP contribution is -2.32. The Labute approximate surface area is 168 Å². The Morgan fingerprint density at radius 1 is 1.14 bits per heavy atom. The van der Waals surface area contributed by atoms with Crippen LogP contribution in [0.5, 0.6) is 11.5 Å². The van der Waals surface area contributed by atoms with Crippen molar-refractivity contribution >= 4 is 5.91 Å². The minimum absolute atomic E-state index is 0.111. The van der Waals surface area contributed by atoms with Crippen LogP contribution in [0.4, 0.5) is 0 Å². The fourth-order valence-corrected chi connectivity index (χ4v) is 4.37. The number of amides is 1. The van der Waals surface area contributed by atoms with Crippen LogP contribution >= 0.6 is 0 Å². The second-order valence-corrected chi connectivity index (χ2v) is 8.48. The van der Waals surface area contributed by atoms with Gasteiger partial charge in [-0.2, -0.15) is 0 Å². The van der Waals surface area contributed by atoms with E-state index in [9.17, 15) is 9.90 Å². The van der Waals surface area contributed by atoms with Gasteiger partial charge in [0, 0.05) is 13.0 Å². The summed E-state index contributed by atoms with van der Waals surface area (Å²) in [7, 11) is 0. The number of hydrogen-bond acceptors (Lipinski definition) is 4. The Bertz CT molecular complexity index is 637. The minimum atomic E-state index is -0.525. The zero-order valence-corrected chi connectivity index (χ0v) is 17.2. The molecule has 1 aliphatic carbocycles. The van der Waals surface area contributed by atoms with E-state index >= 15 is 0 Å². The lowest BCUT2D eigenvalue weighted by molar-refractivity contribution is -0.121. The molecule has 0 saturated heterocycles. The van der Waals surface area contributed by atoms with Crippen LogP contribution in [0.1, 0.15) is 70.3 Å². The standard InChI is InChI=1S/C23H35NO4/c1-23(26,19-7-4-5-8-19)13-6-2-3-9-22(25)24-14-12-18-10-11-20-21(17-18)28-16-15-27-20/h10-11,17,19,26H,2-9,12-16H2,1H3,(H,24,25). The summed E-state index contributed by atoms with van der Waals surface area (Å²) < 4.78 is 11.1. The number of fused-ring (bicyclic) bond motifs is 1. The second kappa shape index (κ2) is 10.1. The van der Waals surface area contributed by atoms with Crippen LogP contribution in [-0.2, 0) is 11.2 Å². The van der Waals surface area contributed by atoms with Gasteiger partial charge < -0.3 is 19.9 Å². The lowest BCUT2D eigenvalue weighted by atomic mass is 9.83. The number of nitrogens with one attached hydrogen (secondary N) is 1. The first-order chi connectivity index (χ1) is 13.5. The third-order valence-corrected chi connectivity index (χ3v) is 6.16. The molecular formula is C23H35NO4. The quantitative estimate of drug-likeness (QED) is 0.594. The van der Waals surface area contributed by atoms with Crippen molar-refractivity contribution < 1.29 is 19.4 Å². The van der Waals surface area contributed by atoms with E-state index in [1.165, 1.54) is 25.7 Å². The molecule has 5 heteroatoms. The molecular weight excluding hydrogens is 354 g/mol. The van der Waals surface area contributed by atoms with Crippen LogP contribution in [0.15, 0.2) is 18.2 Å². The first-order valence-corrected chi connectivity index (χ1v) is 10.9. The van der Waals surface area contributed by atoms with Gasteiger partial charge >= 0.3 is 0 Å². The van der Waals surface area contributed by atoms with Gasteiger partial charge in [0.15, 0.2) is 11.5 Å². The van der Waals surface area contributed by atoms with Crippen molar-refractivity contribution in [1.82, 2.24) is 5.32 Å². The number of ether oxygens (including phenoxy) is 2. The van der Waals surface area contributed by atoms with E-state index in [2.05, 4.69) is 5.32 Å². The number of rotatable bonds is 10. The highest BCUT2D eigenvalue weighted by Crippen LogP contribution is 2.36. The molecule has 28 heavy (non-hydrogen) atoms. The van der Waals surface area contributed by atoms with Crippen LogP contribution in [0.2, 0.25) is 0 Å². The molecule has 156 valence electrons. The molecule has 1 aliphatic heterocycles. The predicted molar refractivity (Wildman–Crippen MR) is 110 cm³/mol. The minimum Gasteiger partial charge on any atom is -0.486 e. The van der Waals surface area contributed by atoms with E-state index in [1.807, 2.05) is 25.1 Å². The predicted octanol–water partition coefficient (Wildman–Crippen LogP) is 4.01. The number of benzene rings is 1. The van der Waals surface area contributed by atoms with Crippen molar-refractivity contribution in [2.75, 3.05) is 19.8 Å². The highest BCUT2D eigenvalue weighted by Gasteiger charge is 2.33. The van der Waals surface area contributed by atoms with Crippen LogP contribution < -0.4 is 14.8 Å². The first kappa shape index (κ1) is 21.0. The number of hydrogen-bond donors (Lipinski definition) is 2. The topological polar surface area (TPSA) is 67.8 Å². The molecule has 2 aliphatic rings. The maximum atomic E-state index is 12.0. The van der Waals surface area contributed by atoms with Crippen molar-refractivity contribution in [3.05, 3.63) is 23.8 Å². The molecule has 1 aromatic rings. The summed E-state index contributed by atoms with van der Waals surface area (Å²) in [5, 5.41) is 13.6. The molecule has 1 fully saturated rings. The van der Waals surface area contributed by atoms with Gasteiger partial charge in [-0.3, -0.25) is 4.79 Å². The van der Waals surface area contributed by atoms with E-state index in [0.717, 1.165) is 49.2 Å². The molecule has 3 rings (SSSR count). The molecule has 0 radical (unpaired) electrons. The molecule has 0 bridgehead atoms. The highest BCUT2D eigenvalue weighted by molar-refractivity contribution is 5.75. The Kier molecular flexibility index (Phi) is 7.60. The molecule has 0 aromatic heterocycles. The maximum Gasteiger partial charge on any atom is 0.220 e. The molecule has 2 N–H and O–H groups in total. The Hall–Kier alpha value is -1.75. The molecule has 1 heterocycles. The summed E-state index contributed by atoms with van der Waals surface area (Å²) >= 11 is 0. The number of aliphatic hydroxyl groups is 1. The highest BCUT2D eigenvalue weighted by atomic mass is 16.6. The fraction of sp³-hybridized carbons (Fsp3) is 0.696. The fourth-order valence-electron chi connectivity index (χ4n) is 4.37. The molecule has 1 atom stereocenters. The van der Waals surface area contributed by atoms with Gasteiger partial charge in [-0.25, -0.2) is 0 Å². The normalized spacial score (nSPS) is 18.6. The van der Waals surface area contributed by atoms with E-state index < -0.39 is 5.60 Å². The summed E-state index contributed by atoms with van der Waals surface area (Å²) in [6.07, 6.45) is 9.92. The van der Waals surface area contributed by atoms with E-state index in [4.69, 9.17) is 9.47 Å². The summed E-state index contributed by atoms with van der Waals surface area (Å²) in [5.74, 6) is 2.17. The van der Waals surface area contributed by atoms with Crippen LogP contribution in [0.3, 0.4) is 0 Å². The summed E-state index contributed by atoms with van der Waals surface area (Å²) in [6.45, 7) is 3.81. The van der Waals surface area contributed by atoms with Gasteiger partial charge in [0.25, 0.3) is 0 Å². The zero-order chi connectivity index (χ0) is 19.8. The molecule has 5 nitrogen and oxygen atoms in total. The van der Waals surface area contributed by atoms with Gasteiger partial charge in [0.2, 0.25) is 5.91 Å². The molecule has 1 saturated carbocycles. The molecule has 1 unspecified atom stereocenters. The molecule has 1 aromatic carbocycles. The third-order valence-electron chi connectivity index (χ3n) is 6.16. The Morgan fingerprint density at radius 3 is 2.68 bits per heavy atom. The Morgan fingerprint density at radius 2 is 1.89 bits per heavy atom. The van der Waals surface area contributed by atoms with Crippen molar-refractivity contribution in [3.8, 4) is 11.5 Å². The van der Waals surface area contributed by atoms with Gasteiger partial charge in [-0.15, -0.1) is 0 Å². The average Bonchev–Trinajstić information content (AvgIpc) is 3.23. The zero-order valence-electron chi connectivity index (χ0n) is 17.2. The van der Waals surface area contributed by atoms with E-state index in [1.54, 1.807) is 0 Å². The maximum absolute atomic E-state index is 12.0. The first-order valence-electron chi connectivity index (χ1n) is 10.9. The monoisotopic (exact) mass is 389 g/mol. The van der Waals surface area contributed by atoms with Crippen LogP contribution in [0.25, 0.3) is 0 Å². The SMILES string of the molecule is CC(O)(CCCCCC(=O)NCCc1ccc2c(c1)OCCO2)C1CCCC1. The van der Waals surface area contributed by atoms with Crippen molar-refractivity contribution in [1.29, 1.82) is 0 Å². The summed E-state index contributed by atoms with van der Waals surface area (Å²) in [6, 6.07) is 5.96. The van der Waals surface area contributed by atoms with Gasteiger partial charge in [0.05, 0.1) is 5.60 Å². The van der Waals surface area contributed by atoms with Gasteiger partial charge in [-0.1, -0.05) is 31.7 Å². The van der Waals surface area contributed by atoms with E-state index in [-0.39, 0.29) is 5.91 Å². The summed E-state index contributed by atoms with van der Waals surface area (Å²) in [4.78, 5) is 12.0. The van der Waals surface area contributed by atoms with Crippen molar-refractivity contribution in [2.24, 2.45) is 5.92 Å². The number of carbonyl (C=O) groups excluding carboxylic acids is 1. The molecule has 1 amide bonds. The van der Waals surface area contributed by atoms with Crippen LogP contribution in [-0.4, -0.2) is 36.4 Å². The third kappa shape index (κ3) is 6.13.